The SMILES string of the molecule is O=c1[nH]c(O)c(/C=c2\cnn3c(=NC4CC4)nc(NC4CCNC4)nc23)[nH]1. The van der Waals surface area contributed by atoms with E-state index in [4.69, 9.17) is 0 Å². The van der Waals surface area contributed by atoms with Gasteiger partial charge in [-0.2, -0.15) is 19.6 Å². The minimum atomic E-state index is -0.481. The maximum Gasteiger partial charge on any atom is 0.326 e. The Morgan fingerprint density at radius 2 is 2.19 bits per heavy atom. The molecule has 5 N–H and O–H groups in total. The lowest BCUT2D eigenvalue weighted by atomic mass is 10.3. The van der Waals surface area contributed by atoms with Gasteiger partial charge in [0, 0.05) is 17.8 Å². The number of aromatic nitrogens is 6. The number of rotatable bonds is 4. The van der Waals surface area contributed by atoms with Crippen LogP contribution in [0.4, 0.5) is 5.95 Å². The van der Waals surface area contributed by atoms with E-state index in [1.54, 1.807) is 16.8 Å². The van der Waals surface area contributed by atoms with Crippen LogP contribution < -0.4 is 27.2 Å². The molecule has 1 atom stereocenters. The molecule has 1 aliphatic heterocycles. The molecule has 2 aliphatic rings. The Balaban J connectivity index is 1.66. The van der Waals surface area contributed by atoms with E-state index in [-0.39, 0.29) is 23.7 Å². The average molecular weight is 369 g/mol. The van der Waals surface area contributed by atoms with Gasteiger partial charge in [-0.1, -0.05) is 0 Å². The van der Waals surface area contributed by atoms with Crippen molar-refractivity contribution in [2.75, 3.05) is 18.4 Å². The van der Waals surface area contributed by atoms with Gasteiger partial charge >= 0.3 is 5.69 Å². The van der Waals surface area contributed by atoms with E-state index in [0.29, 0.717) is 22.4 Å². The third-order valence-electron chi connectivity index (χ3n) is 4.65. The number of H-pyrrole nitrogens is 2. The molecule has 3 aromatic rings. The minimum absolute atomic E-state index is 0.230. The summed E-state index contributed by atoms with van der Waals surface area (Å²) in [5, 5.41) is 21.5. The molecule has 11 heteroatoms. The number of hydrogen-bond acceptors (Lipinski definition) is 8. The van der Waals surface area contributed by atoms with Gasteiger partial charge in [-0.05, 0) is 31.9 Å². The van der Waals surface area contributed by atoms with Gasteiger partial charge in [-0.15, -0.1) is 0 Å². The van der Waals surface area contributed by atoms with Gasteiger partial charge in [-0.25, -0.2) is 9.79 Å². The summed E-state index contributed by atoms with van der Waals surface area (Å²) in [6.45, 7) is 1.82. The molecule has 140 valence electrons. The molecular formula is C16H19N9O2. The number of aromatic amines is 2. The first-order chi connectivity index (χ1) is 13.2. The first-order valence-corrected chi connectivity index (χ1v) is 8.95. The summed E-state index contributed by atoms with van der Waals surface area (Å²) in [6, 6.07) is 0.549. The molecule has 1 saturated carbocycles. The maximum absolute atomic E-state index is 11.4. The Labute approximate surface area is 152 Å². The smallest absolute Gasteiger partial charge is 0.326 e. The summed E-state index contributed by atoms with van der Waals surface area (Å²) in [5.74, 6) is 0.268. The van der Waals surface area contributed by atoms with Crippen LogP contribution in [0.15, 0.2) is 16.0 Å². The quantitative estimate of drug-likeness (QED) is 0.365. The molecule has 0 radical (unpaired) electrons. The number of anilines is 1. The predicted octanol–water partition coefficient (Wildman–Crippen LogP) is -1.77. The maximum atomic E-state index is 11.4. The van der Waals surface area contributed by atoms with Gasteiger partial charge in [0.15, 0.2) is 5.65 Å². The van der Waals surface area contributed by atoms with Crippen LogP contribution >= 0.6 is 0 Å². The summed E-state index contributed by atoms with van der Waals surface area (Å²) in [4.78, 5) is 30.0. The van der Waals surface area contributed by atoms with Crippen molar-refractivity contribution in [3.05, 3.63) is 33.2 Å². The van der Waals surface area contributed by atoms with Crippen molar-refractivity contribution in [3.63, 3.8) is 0 Å². The Bertz CT molecular complexity index is 1160. The Hall–Kier alpha value is -3.21. The second-order valence-corrected chi connectivity index (χ2v) is 6.86. The Morgan fingerprint density at radius 1 is 1.30 bits per heavy atom. The van der Waals surface area contributed by atoms with E-state index in [9.17, 15) is 9.90 Å². The third kappa shape index (κ3) is 3.16. The van der Waals surface area contributed by atoms with Crippen LogP contribution in [0.5, 0.6) is 5.88 Å². The summed E-state index contributed by atoms with van der Waals surface area (Å²) >= 11 is 0. The van der Waals surface area contributed by atoms with Crippen molar-refractivity contribution in [2.45, 2.75) is 31.3 Å². The Morgan fingerprint density at radius 3 is 2.89 bits per heavy atom. The molecule has 0 aromatic carbocycles. The van der Waals surface area contributed by atoms with Crippen LogP contribution in [0.3, 0.4) is 0 Å². The Kier molecular flexibility index (Phi) is 3.67. The first-order valence-electron chi connectivity index (χ1n) is 8.95. The molecule has 1 unspecified atom stereocenters. The molecule has 1 aliphatic carbocycles. The molecule has 1 saturated heterocycles. The number of aromatic hydroxyl groups is 1. The zero-order chi connectivity index (χ0) is 18.4. The minimum Gasteiger partial charge on any atom is -0.493 e. The van der Waals surface area contributed by atoms with Crippen LogP contribution in [-0.4, -0.2) is 59.8 Å². The van der Waals surface area contributed by atoms with Crippen molar-refractivity contribution < 1.29 is 5.11 Å². The van der Waals surface area contributed by atoms with E-state index in [1.807, 2.05) is 0 Å². The zero-order valence-electron chi connectivity index (χ0n) is 14.4. The van der Waals surface area contributed by atoms with E-state index in [1.165, 1.54) is 0 Å². The van der Waals surface area contributed by atoms with Gasteiger partial charge in [0.2, 0.25) is 11.8 Å². The highest BCUT2D eigenvalue weighted by Crippen LogP contribution is 2.22. The van der Waals surface area contributed by atoms with Crippen molar-refractivity contribution in [3.8, 4) is 5.88 Å². The molecule has 0 bridgehead atoms. The van der Waals surface area contributed by atoms with Crippen LogP contribution in [0.25, 0.3) is 11.7 Å². The summed E-state index contributed by atoms with van der Waals surface area (Å²) in [7, 11) is 0. The van der Waals surface area contributed by atoms with E-state index in [0.717, 1.165) is 32.4 Å². The number of fused-ring (bicyclic) bond motifs is 1. The summed E-state index contributed by atoms with van der Waals surface area (Å²) in [5.41, 5.74) is 0.843. The second kappa shape index (κ2) is 6.20. The molecular weight excluding hydrogens is 350 g/mol. The van der Waals surface area contributed by atoms with Crippen molar-refractivity contribution in [1.82, 2.24) is 34.9 Å². The van der Waals surface area contributed by atoms with Gasteiger partial charge in [0.1, 0.15) is 5.69 Å². The monoisotopic (exact) mass is 369 g/mol. The fourth-order valence-corrected chi connectivity index (χ4v) is 3.11. The third-order valence-corrected chi connectivity index (χ3v) is 4.65. The van der Waals surface area contributed by atoms with Crippen LogP contribution in [0.1, 0.15) is 25.0 Å². The first kappa shape index (κ1) is 16.0. The lowest BCUT2D eigenvalue weighted by molar-refractivity contribution is 0.454. The number of nitrogens with one attached hydrogen (secondary N) is 4. The molecule has 11 nitrogen and oxygen atoms in total. The van der Waals surface area contributed by atoms with Crippen LogP contribution in [0, 0.1) is 0 Å². The normalized spacial score (nSPS) is 21.4. The number of imidazole rings is 1. The van der Waals surface area contributed by atoms with Crippen molar-refractivity contribution in [2.24, 2.45) is 4.99 Å². The molecule has 2 fully saturated rings. The van der Waals surface area contributed by atoms with Gasteiger partial charge in [-0.3, -0.25) is 4.98 Å². The fourth-order valence-electron chi connectivity index (χ4n) is 3.11. The number of hydrogen-bond donors (Lipinski definition) is 5. The van der Waals surface area contributed by atoms with E-state index >= 15 is 0 Å². The van der Waals surface area contributed by atoms with Crippen molar-refractivity contribution in [1.29, 1.82) is 0 Å². The molecule has 27 heavy (non-hydrogen) atoms. The molecule has 5 rings (SSSR count). The highest BCUT2D eigenvalue weighted by atomic mass is 16.3. The fraction of sp³-hybridized carbons (Fsp3) is 0.438. The second-order valence-electron chi connectivity index (χ2n) is 6.86. The van der Waals surface area contributed by atoms with Gasteiger partial charge < -0.3 is 20.7 Å². The molecule has 0 amide bonds. The molecule has 4 heterocycles. The largest absolute Gasteiger partial charge is 0.493 e. The van der Waals surface area contributed by atoms with Gasteiger partial charge in [0.25, 0.3) is 5.62 Å². The van der Waals surface area contributed by atoms with E-state index < -0.39 is 5.69 Å². The van der Waals surface area contributed by atoms with Gasteiger partial charge in [0.05, 0.1) is 12.2 Å². The summed E-state index contributed by atoms with van der Waals surface area (Å²) in [6.07, 6.45) is 6.34. The topological polar surface area (TPSA) is 148 Å². The highest BCUT2D eigenvalue weighted by molar-refractivity contribution is 5.57. The molecule has 3 aromatic heterocycles. The average Bonchev–Trinajstić information content (AvgIpc) is 3.01. The lowest BCUT2D eigenvalue weighted by Crippen LogP contribution is -2.29. The lowest BCUT2D eigenvalue weighted by Gasteiger charge is -2.10. The highest BCUT2D eigenvalue weighted by Gasteiger charge is 2.21. The molecule has 0 spiro atoms. The predicted molar refractivity (Wildman–Crippen MR) is 96.1 cm³/mol. The van der Waals surface area contributed by atoms with Crippen molar-refractivity contribution >= 4 is 17.7 Å². The standard InChI is InChI=1S/C16H19N9O2/c26-13-11(21-16(27)23-13)5-8-6-18-25-12(8)22-14(19-10-3-4-17-7-10)24-15(25)20-9-1-2-9/h5-6,9-10,17,26H,1-4,7H2,(H,19,20,24)(H2,21,23,27)/b8-5+. The zero-order valence-corrected chi connectivity index (χ0v) is 14.4. The summed E-state index contributed by atoms with van der Waals surface area (Å²) < 4.78 is 1.59. The number of nitrogens with zero attached hydrogens (tertiary/aromatic N) is 5. The van der Waals surface area contributed by atoms with Crippen LogP contribution in [-0.2, 0) is 0 Å². The van der Waals surface area contributed by atoms with Crippen LogP contribution in [0.2, 0.25) is 0 Å². The van der Waals surface area contributed by atoms with E-state index in [2.05, 4.69) is 40.7 Å².